The summed E-state index contributed by atoms with van der Waals surface area (Å²) in [5.74, 6) is 0.431. The zero-order chi connectivity index (χ0) is 18.8. The molecule has 7 heteroatoms. The number of aromatic nitrogens is 2. The molecule has 2 heterocycles. The first-order chi connectivity index (χ1) is 13.1. The van der Waals surface area contributed by atoms with Crippen molar-refractivity contribution in [2.45, 2.75) is 6.92 Å². The molecule has 2 aromatic carbocycles. The Morgan fingerprint density at radius 3 is 2.78 bits per heavy atom. The first-order valence-corrected chi connectivity index (χ1v) is 9.45. The lowest BCUT2D eigenvalue weighted by Gasteiger charge is -2.08. The molecule has 2 aromatic heterocycles. The van der Waals surface area contributed by atoms with Crippen molar-refractivity contribution in [3.05, 3.63) is 76.3 Å². The fourth-order valence-electron chi connectivity index (χ4n) is 2.65. The number of amides is 1. The number of nitrogens with one attached hydrogen (secondary N) is 2. The molecule has 4 rings (SSSR count). The van der Waals surface area contributed by atoms with Gasteiger partial charge in [-0.1, -0.05) is 53.3 Å². The number of carbonyl (C=O) groups is 1. The van der Waals surface area contributed by atoms with Crippen LogP contribution in [0.4, 0.5) is 16.6 Å². The second-order valence-electron chi connectivity index (χ2n) is 5.93. The SMILES string of the molecule is Cc1cccc(Cl)c1NC(=O)c1cnc(Nc2ccc3ccccc3n2)s1. The lowest BCUT2D eigenvalue weighted by Crippen LogP contribution is -2.11. The van der Waals surface area contributed by atoms with Crippen molar-refractivity contribution in [2.24, 2.45) is 0 Å². The topological polar surface area (TPSA) is 66.9 Å². The van der Waals surface area contributed by atoms with Crippen molar-refractivity contribution >= 4 is 56.4 Å². The average molecular weight is 395 g/mol. The monoisotopic (exact) mass is 394 g/mol. The summed E-state index contributed by atoms with van der Waals surface area (Å²) in [7, 11) is 0. The molecule has 0 saturated carbocycles. The van der Waals surface area contributed by atoms with Gasteiger partial charge < -0.3 is 10.6 Å². The molecule has 0 radical (unpaired) electrons. The predicted octanol–water partition coefficient (Wildman–Crippen LogP) is 5.65. The molecule has 134 valence electrons. The van der Waals surface area contributed by atoms with Gasteiger partial charge >= 0.3 is 0 Å². The lowest BCUT2D eigenvalue weighted by molar-refractivity contribution is 0.103. The molecule has 4 aromatic rings. The van der Waals surface area contributed by atoms with Gasteiger partial charge in [-0.2, -0.15) is 0 Å². The summed E-state index contributed by atoms with van der Waals surface area (Å²) in [5.41, 5.74) is 2.41. The summed E-state index contributed by atoms with van der Waals surface area (Å²) in [4.78, 5) is 21.8. The number of aryl methyl sites for hydroxylation is 1. The van der Waals surface area contributed by atoms with Gasteiger partial charge in [-0.15, -0.1) is 0 Å². The molecule has 0 atom stereocenters. The molecule has 0 bridgehead atoms. The van der Waals surface area contributed by atoms with E-state index in [9.17, 15) is 4.79 Å². The van der Waals surface area contributed by atoms with Crippen molar-refractivity contribution in [3.8, 4) is 0 Å². The maximum atomic E-state index is 12.5. The minimum atomic E-state index is -0.247. The van der Waals surface area contributed by atoms with E-state index in [-0.39, 0.29) is 5.91 Å². The van der Waals surface area contributed by atoms with Crippen LogP contribution in [0.2, 0.25) is 5.02 Å². The molecule has 0 aliphatic heterocycles. The van der Waals surface area contributed by atoms with E-state index in [0.717, 1.165) is 16.5 Å². The van der Waals surface area contributed by atoms with Crippen molar-refractivity contribution < 1.29 is 4.79 Å². The molecule has 0 aliphatic rings. The quantitative estimate of drug-likeness (QED) is 0.469. The Morgan fingerprint density at radius 2 is 1.93 bits per heavy atom. The highest BCUT2D eigenvalue weighted by molar-refractivity contribution is 7.17. The van der Waals surface area contributed by atoms with Crippen LogP contribution < -0.4 is 10.6 Å². The van der Waals surface area contributed by atoms with Crippen LogP contribution in [0, 0.1) is 6.92 Å². The molecule has 5 nitrogen and oxygen atoms in total. The van der Waals surface area contributed by atoms with Crippen LogP contribution >= 0.6 is 22.9 Å². The summed E-state index contributed by atoms with van der Waals surface area (Å²) >= 11 is 7.43. The third-order valence-electron chi connectivity index (χ3n) is 4.02. The number of halogens is 1. The Bertz CT molecular complexity index is 1120. The average Bonchev–Trinajstić information content (AvgIpc) is 3.13. The third-order valence-corrected chi connectivity index (χ3v) is 5.25. The highest BCUT2D eigenvalue weighted by Crippen LogP contribution is 2.28. The van der Waals surface area contributed by atoms with E-state index in [2.05, 4.69) is 20.6 Å². The van der Waals surface area contributed by atoms with Crippen LogP contribution in [0.15, 0.2) is 60.8 Å². The zero-order valence-electron chi connectivity index (χ0n) is 14.4. The largest absolute Gasteiger partial charge is 0.320 e. The fraction of sp³-hybridized carbons (Fsp3) is 0.0500. The molecule has 27 heavy (non-hydrogen) atoms. The van der Waals surface area contributed by atoms with Gasteiger partial charge in [0.2, 0.25) is 0 Å². The van der Waals surface area contributed by atoms with Crippen LogP contribution in [-0.2, 0) is 0 Å². The first kappa shape index (κ1) is 17.5. The number of hydrogen-bond donors (Lipinski definition) is 2. The van der Waals surface area contributed by atoms with Crippen molar-refractivity contribution in [2.75, 3.05) is 10.6 Å². The van der Waals surface area contributed by atoms with Gasteiger partial charge in [0, 0.05) is 5.39 Å². The summed E-state index contributed by atoms with van der Waals surface area (Å²) in [6.45, 7) is 1.90. The summed E-state index contributed by atoms with van der Waals surface area (Å²) < 4.78 is 0. The normalized spacial score (nSPS) is 10.7. The number of para-hydroxylation sites is 2. The minimum Gasteiger partial charge on any atom is -0.320 e. The third kappa shape index (κ3) is 3.77. The van der Waals surface area contributed by atoms with E-state index in [1.54, 1.807) is 6.07 Å². The van der Waals surface area contributed by atoms with Crippen LogP contribution in [-0.4, -0.2) is 15.9 Å². The second-order valence-corrected chi connectivity index (χ2v) is 7.37. The number of rotatable bonds is 4. The lowest BCUT2D eigenvalue weighted by atomic mass is 10.2. The standard InChI is InChI=1S/C20H15ClN4OS/c1-12-5-4-7-14(21)18(12)25-19(26)16-11-22-20(27-16)24-17-10-9-13-6-2-3-8-15(13)23-17/h2-11H,1H3,(H,25,26)(H,22,23,24). The van der Waals surface area contributed by atoms with Crippen molar-refractivity contribution in [1.29, 1.82) is 0 Å². The molecule has 2 N–H and O–H groups in total. The number of carbonyl (C=O) groups excluding carboxylic acids is 1. The maximum absolute atomic E-state index is 12.5. The predicted molar refractivity (Wildman–Crippen MR) is 111 cm³/mol. The van der Waals surface area contributed by atoms with Crippen LogP contribution in [0.25, 0.3) is 10.9 Å². The van der Waals surface area contributed by atoms with E-state index < -0.39 is 0 Å². The van der Waals surface area contributed by atoms with Crippen LogP contribution in [0.3, 0.4) is 0 Å². The molecule has 0 saturated heterocycles. The van der Waals surface area contributed by atoms with E-state index in [0.29, 0.717) is 26.5 Å². The van der Waals surface area contributed by atoms with E-state index in [1.165, 1.54) is 17.5 Å². The van der Waals surface area contributed by atoms with E-state index in [4.69, 9.17) is 11.6 Å². The highest BCUT2D eigenvalue weighted by atomic mass is 35.5. The minimum absolute atomic E-state index is 0.247. The summed E-state index contributed by atoms with van der Waals surface area (Å²) in [6, 6.07) is 17.2. The Hall–Kier alpha value is -2.96. The van der Waals surface area contributed by atoms with Crippen molar-refractivity contribution in [1.82, 2.24) is 9.97 Å². The number of benzene rings is 2. The summed E-state index contributed by atoms with van der Waals surface area (Å²) in [6.07, 6.45) is 1.54. The molecule has 0 fully saturated rings. The van der Waals surface area contributed by atoms with Crippen LogP contribution in [0.5, 0.6) is 0 Å². The Kier molecular flexibility index (Phi) is 4.75. The van der Waals surface area contributed by atoms with Gasteiger partial charge in [0.15, 0.2) is 5.13 Å². The molecule has 0 spiro atoms. The fourth-order valence-corrected chi connectivity index (χ4v) is 3.63. The van der Waals surface area contributed by atoms with Crippen LogP contribution in [0.1, 0.15) is 15.2 Å². The van der Waals surface area contributed by atoms with Gasteiger partial charge in [-0.05, 0) is 36.8 Å². The number of pyridine rings is 1. The van der Waals surface area contributed by atoms with Gasteiger partial charge in [0.1, 0.15) is 10.7 Å². The van der Waals surface area contributed by atoms with Gasteiger partial charge in [-0.25, -0.2) is 9.97 Å². The number of hydrogen-bond acceptors (Lipinski definition) is 5. The van der Waals surface area contributed by atoms with E-state index >= 15 is 0 Å². The van der Waals surface area contributed by atoms with Gasteiger partial charge in [0.05, 0.1) is 22.4 Å². The molecular weight excluding hydrogens is 380 g/mol. The number of thiazole rings is 1. The highest BCUT2D eigenvalue weighted by Gasteiger charge is 2.14. The number of nitrogens with zero attached hydrogens (tertiary/aromatic N) is 2. The van der Waals surface area contributed by atoms with Gasteiger partial charge in [0.25, 0.3) is 5.91 Å². The zero-order valence-corrected chi connectivity index (χ0v) is 15.9. The Labute approximate surface area is 165 Å². The number of fused-ring (bicyclic) bond motifs is 1. The molecular formula is C20H15ClN4OS. The summed E-state index contributed by atoms with van der Waals surface area (Å²) in [5, 5.41) is 8.17. The van der Waals surface area contributed by atoms with Crippen molar-refractivity contribution in [3.63, 3.8) is 0 Å². The van der Waals surface area contributed by atoms with Gasteiger partial charge in [-0.3, -0.25) is 4.79 Å². The second kappa shape index (κ2) is 7.34. The molecule has 1 amide bonds. The Morgan fingerprint density at radius 1 is 1.07 bits per heavy atom. The molecule has 0 aliphatic carbocycles. The smallest absolute Gasteiger partial charge is 0.267 e. The Balaban J connectivity index is 1.51. The van der Waals surface area contributed by atoms with E-state index in [1.807, 2.05) is 55.5 Å². The number of anilines is 3. The maximum Gasteiger partial charge on any atom is 0.267 e. The first-order valence-electron chi connectivity index (χ1n) is 8.25. The molecule has 0 unspecified atom stereocenters.